The Bertz CT molecular complexity index is 782. The van der Waals surface area contributed by atoms with E-state index in [2.05, 4.69) is 47.8 Å². The molecule has 0 bridgehead atoms. The van der Waals surface area contributed by atoms with Crippen LogP contribution in [0, 0.1) is 0 Å². The summed E-state index contributed by atoms with van der Waals surface area (Å²) in [6.45, 7) is -0.0699. The third-order valence-corrected chi connectivity index (χ3v) is 4.14. The van der Waals surface area contributed by atoms with E-state index < -0.39 is 11.9 Å². The summed E-state index contributed by atoms with van der Waals surface area (Å²) in [5.41, 5.74) is 1.06. The van der Waals surface area contributed by atoms with Gasteiger partial charge in [-0.15, -0.1) is 0 Å². The Morgan fingerprint density at radius 1 is 1.04 bits per heavy atom. The molecule has 4 N–H and O–H groups in total. The van der Waals surface area contributed by atoms with Crippen LogP contribution in [0.25, 0.3) is 0 Å². The van der Waals surface area contributed by atoms with Gasteiger partial charge in [-0.25, -0.2) is 4.79 Å². The molecule has 2 rings (SSSR count). The first-order chi connectivity index (χ1) is 11.9. The van der Waals surface area contributed by atoms with Gasteiger partial charge < -0.3 is 21.1 Å². The highest BCUT2D eigenvalue weighted by Gasteiger charge is 2.14. The van der Waals surface area contributed by atoms with Gasteiger partial charge in [0.1, 0.15) is 0 Å². The van der Waals surface area contributed by atoms with E-state index in [1.807, 2.05) is 6.07 Å². The molecular weight excluding hydrogens is 477 g/mol. The van der Waals surface area contributed by atoms with E-state index in [4.69, 9.17) is 16.7 Å². The summed E-state index contributed by atoms with van der Waals surface area (Å²) in [6.07, 6.45) is 0. The van der Waals surface area contributed by atoms with Crippen LogP contribution in [0.3, 0.4) is 0 Å². The molecule has 0 aromatic heterocycles. The smallest absolute Gasteiger partial charge is 0.323 e. The van der Waals surface area contributed by atoms with Gasteiger partial charge >= 0.3 is 6.03 Å². The van der Waals surface area contributed by atoms with Crippen molar-refractivity contribution in [1.29, 1.82) is 0 Å². The largest absolute Gasteiger partial charge is 0.395 e. The quantitative estimate of drug-likeness (QED) is 0.505. The SMILES string of the molecule is O=C(Nc1cc(Br)cc(Br)c1)Nc1cc(Cl)ccc1C(=O)NCCO. The number of nitrogens with one attached hydrogen (secondary N) is 3. The molecule has 0 radical (unpaired) electrons. The van der Waals surface area contributed by atoms with Crippen LogP contribution < -0.4 is 16.0 Å². The first kappa shape index (κ1) is 19.7. The van der Waals surface area contributed by atoms with Crippen LogP contribution in [-0.4, -0.2) is 30.2 Å². The van der Waals surface area contributed by atoms with E-state index in [1.165, 1.54) is 12.1 Å². The fraction of sp³-hybridized carbons (Fsp3) is 0.125. The summed E-state index contributed by atoms with van der Waals surface area (Å²) in [4.78, 5) is 24.4. The van der Waals surface area contributed by atoms with Crippen molar-refractivity contribution in [3.05, 3.63) is 55.9 Å². The van der Waals surface area contributed by atoms with Crippen molar-refractivity contribution in [2.24, 2.45) is 0 Å². The molecule has 132 valence electrons. The maximum absolute atomic E-state index is 12.2. The Labute approximate surface area is 166 Å². The minimum atomic E-state index is -0.525. The standard InChI is InChI=1S/C16H14Br2ClN3O3/c17-9-5-10(18)7-12(6-9)21-16(25)22-14-8-11(19)1-2-13(14)15(24)20-3-4-23/h1-2,5-8,23H,3-4H2,(H,20,24)(H2,21,22,25). The van der Waals surface area contributed by atoms with E-state index >= 15 is 0 Å². The maximum Gasteiger partial charge on any atom is 0.323 e. The van der Waals surface area contributed by atoms with Gasteiger partial charge in [0.25, 0.3) is 5.91 Å². The zero-order chi connectivity index (χ0) is 18.4. The van der Waals surface area contributed by atoms with E-state index in [9.17, 15) is 9.59 Å². The number of rotatable bonds is 5. The molecule has 0 saturated carbocycles. The molecule has 25 heavy (non-hydrogen) atoms. The van der Waals surface area contributed by atoms with Crippen LogP contribution in [0.5, 0.6) is 0 Å². The molecule has 3 amide bonds. The number of hydrogen-bond donors (Lipinski definition) is 4. The average molecular weight is 492 g/mol. The molecule has 0 fully saturated rings. The van der Waals surface area contributed by atoms with Gasteiger partial charge in [0.2, 0.25) is 0 Å². The fourth-order valence-corrected chi connectivity index (χ4v) is 3.46. The monoisotopic (exact) mass is 489 g/mol. The van der Waals surface area contributed by atoms with Crippen LogP contribution in [0.4, 0.5) is 16.2 Å². The minimum Gasteiger partial charge on any atom is -0.395 e. The second kappa shape index (κ2) is 9.19. The number of aliphatic hydroxyl groups excluding tert-OH is 1. The van der Waals surface area contributed by atoms with Crippen molar-refractivity contribution in [2.75, 3.05) is 23.8 Å². The van der Waals surface area contributed by atoms with E-state index in [0.717, 1.165) is 8.95 Å². The van der Waals surface area contributed by atoms with Gasteiger partial charge in [-0.05, 0) is 36.4 Å². The van der Waals surface area contributed by atoms with Gasteiger partial charge in [-0.2, -0.15) is 0 Å². The zero-order valence-electron chi connectivity index (χ0n) is 12.8. The van der Waals surface area contributed by atoms with Crippen molar-refractivity contribution in [2.45, 2.75) is 0 Å². The number of carbonyl (C=O) groups is 2. The summed E-state index contributed by atoms with van der Waals surface area (Å²) in [7, 11) is 0. The molecule has 0 aliphatic rings. The predicted molar refractivity (Wildman–Crippen MR) is 105 cm³/mol. The lowest BCUT2D eigenvalue weighted by molar-refractivity contribution is 0.0945. The Morgan fingerprint density at radius 3 is 2.36 bits per heavy atom. The highest BCUT2D eigenvalue weighted by molar-refractivity contribution is 9.11. The topological polar surface area (TPSA) is 90.5 Å². The number of carbonyl (C=O) groups excluding carboxylic acids is 2. The summed E-state index contributed by atoms with van der Waals surface area (Å²) in [5.74, 6) is -0.425. The number of hydrogen-bond acceptors (Lipinski definition) is 3. The lowest BCUT2D eigenvalue weighted by atomic mass is 10.1. The molecule has 0 saturated heterocycles. The second-order valence-corrected chi connectivity index (χ2v) is 7.17. The highest BCUT2D eigenvalue weighted by Crippen LogP contribution is 2.24. The van der Waals surface area contributed by atoms with Crippen molar-refractivity contribution in [1.82, 2.24) is 5.32 Å². The maximum atomic E-state index is 12.2. The van der Waals surface area contributed by atoms with E-state index in [1.54, 1.807) is 18.2 Å². The molecular formula is C16H14Br2ClN3O3. The van der Waals surface area contributed by atoms with Crippen molar-refractivity contribution >= 4 is 66.8 Å². The molecule has 6 nitrogen and oxygen atoms in total. The summed E-state index contributed by atoms with van der Waals surface area (Å²) >= 11 is 12.6. The Balaban J connectivity index is 2.16. The van der Waals surface area contributed by atoms with Crippen molar-refractivity contribution < 1.29 is 14.7 Å². The molecule has 0 unspecified atom stereocenters. The van der Waals surface area contributed by atoms with Crippen LogP contribution >= 0.6 is 43.5 Å². The first-order valence-electron chi connectivity index (χ1n) is 7.12. The summed E-state index contributed by atoms with van der Waals surface area (Å²) in [6, 6.07) is 9.30. The number of amides is 3. The fourth-order valence-electron chi connectivity index (χ4n) is 1.99. The zero-order valence-corrected chi connectivity index (χ0v) is 16.7. The number of aliphatic hydroxyl groups is 1. The Morgan fingerprint density at radius 2 is 1.72 bits per heavy atom. The second-order valence-electron chi connectivity index (χ2n) is 4.91. The molecule has 0 spiro atoms. The van der Waals surface area contributed by atoms with Gasteiger partial charge in [0, 0.05) is 26.2 Å². The third kappa shape index (κ3) is 6.00. The van der Waals surface area contributed by atoms with Crippen molar-refractivity contribution in [3.63, 3.8) is 0 Å². The van der Waals surface area contributed by atoms with Crippen LogP contribution in [-0.2, 0) is 0 Å². The molecule has 9 heteroatoms. The lowest BCUT2D eigenvalue weighted by Gasteiger charge is -2.13. The van der Waals surface area contributed by atoms with E-state index in [-0.39, 0.29) is 24.4 Å². The van der Waals surface area contributed by atoms with Gasteiger partial charge in [0.15, 0.2) is 0 Å². The number of anilines is 2. The predicted octanol–water partition coefficient (Wildman–Crippen LogP) is 4.23. The average Bonchev–Trinajstić information content (AvgIpc) is 2.51. The molecule has 0 aliphatic heterocycles. The van der Waals surface area contributed by atoms with Gasteiger partial charge in [0.05, 0.1) is 17.9 Å². The number of benzene rings is 2. The molecule has 2 aromatic rings. The van der Waals surface area contributed by atoms with Crippen LogP contribution in [0.2, 0.25) is 5.02 Å². The Hall–Kier alpha value is -1.61. The van der Waals surface area contributed by atoms with Crippen LogP contribution in [0.1, 0.15) is 10.4 Å². The molecule has 0 atom stereocenters. The highest BCUT2D eigenvalue weighted by atomic mass is 79.9. The van der Waals surface area contributed by atoms with Gasteiger partial charge in [-0.1, -0.05) is 43.5 Å². The molecule has 0 aliphatic carbocycles. The number of halogens is 3. The van der Waals surface area contributed by atoms with E-state index in [0.29, 0.717) is 10.7 Å². The third-order valence-electron chi connectivity index (χ3n) is 2.99. The van der Waals surface area contributed by atoms with Crippen molar-refractivity contribution in [3.8, 4) is 0 Å². The van der Waals surface area contributed by atoms with Gasteiger partial charge in [-0.3, -0.25) is 4.79 Å². The number of urea groups is 1. The minimum absolute atomic E-state index is 0.110. The molecule has 2 aromatic carbocycles. The first-order valence-corrected chi connectivity index (χ1v) is 9.08. The lowest BCUT2D eigenvalue weighted by Crippen LogP contribution is -2.28. The normalized spacial score (nSPS) is 10.2. The summed E-state index contributed by atoms with van der Waals surface area (Å²) in [5, 5.41) is 17.0. The Kier molecular flexibility index (Phi) is 7.24. The van der Waals surface area contributed by atoms with Crippen LogP contribution in [0.15, 0.2) is 45.3 Å². The summed E-state index contributed by atoms with van der Waals surface area (Å²) < 4.78 is 1.59. The molecule has 0 heterocycles.